The van der Waals surface area contributed by atoms with Crippen molar-refractivity contribution in [1.29, 1.82) is 0 Å². The zero-order valence-electron chi connectivity index (χ0n) is 32.9. The van der Waals surface area contributed by atoms with Crippen LogP contribution in [0.1, 0.15) is 76.2 Å². The molecule has 4 heterocycles. The smallest absolute Gasteiger partial charge is 0.329 e. The van der Waals surface area contributed by atoms with Crippen LogP contribution < -0.4 is 5.32 Å². The average Bonchev–Trinajstić information content (AvgIpc) is 3.99. The van der Waals surface area contributed by atoms with Crippen LogP contribution in [0, 0.1) is 17.2 Å². The van der Waals surface area contributed by atoms with Crippen molar-refractivity contribution >= 4 is 23.9 Å². The summed E-state index contributed by atoms with van der Waals surface area (Å²) in [5, 5.41) is 7.30. The number of nitrogens with one attached hydrogen (secondary N) is 1. The molecular formula is C45H51FN6O6. The molecule has 304 valence electrons. The minimum absolute atomic E-state index is 0.00674. The molecule has 4 aromatic rings. The van der Waals surface area contributed by atoms with Gasteiger partial charge < -0.3 is 24.4 Å². The van der Waals surface area contributed by atoms with E-state index in [0.29, 0.717) is 62.5 Å². The van der Waals surface area contributed by atoms with Crippen LogP contribution >= 0.6 is 0 Å². The number of ether oxygens (including phenoxy) is 1. The predicted molar refractivity (Wildman–Crippen MR) is 214 cm³/mol. The first-order chi connectivity index (χ1) is 28.3. The predicted octanol–water partition coefficient (Wildman–Crippen LogP) is 7.24. The molecule has 4 aliphatic rings. The van der Waals surface area contributed by atoms with E-state index < -0.39 is 23.3 Å². The van der Waals surface area contributed by atoms with E-state index in [9.17, 15) is 19.2 Å². The Morgan fingerprint density at radius 1 is 0.759 bits per heavy atom. The lowest BCUT2D eigenvalue weighted by atomic mass is 9.76. The van der Waals surface area contributed by atoms with Crippen LogP contribution in [-0.2, 0) is 25.7 Å². The first kappa shape index (κ1) is 39.4. The minimum Gasteiger partial charge on any atom is -0.392 e. The average molecular weight is 791 g/mol. The van der Waals surface area contributed by atoms with Crippen molar-refractivity contribution in [2.75, 3.05) is 39.3 Å². The summed E-state index contributed by atoms with van der Waals surface area (Å²) < 4.78 is 26.1. The number of likely N-dealkylation sites (tertiary alicyclic amines) is 3. The van der Waals surface area contributed by atoms with E-state index in [4.69, 9.17) is 9.26 Å². The van der Waals surface area contributed by atoms with Crippen molar-refractivity contribution in [2.24, 2.45) is 11.3 Å². The molecule has 3 aliphatic heterocycles. The molecule has 1 aliphatic carbocycles. The summed E-state index contributed by atoms with van der Waals surface area (Å²) in [7, 11) is 0. The highest BCUT2D eigenvalue weighted by Crippen LogP contribution is 2.36. The highest BCUT2D eigenvalue weighted by molar-refractivity contribution is 6.06. The lowest BCUT2D eigenvalue weighted by Gasteiger charge is -2.40. The number of esters is 2. The zero-order chi connectivity index (χ0) is 40.1. The van der Waals surface area contributed by atoms with Crippen LogP contribution in [-0.4, -0.2) is 94.0 Å². The summed E-state index contributed by atoms with van der Waals surface area (Å²) in [5.41, 5.74) is 2.08. The number of hydrogen-bond acceptors (Lipinski definition) is 9. The van der Waals surface area contributed by atoms with Crippen molar-refractivity contribution < 1.29 is 32.8 Å². The maximum absolute atomic E-state index is 15.0. The number of amides is 3. The van der Waals surface area contributed by atoms with E-state index in [1.165, 1.54) is 6.07 Å². The minimum atomic E-state index is -1.46. The van der Waals surface area contributed by atoms with E-state index in [1.54, 1.807) is 17.0 Å². The molecule has 3 saturated heterocycles. The molecule has 0 atom stereocenters. The molecule has 1 N–H and O–H groups in total. The van der Waals surface area contributed by atoms with Gasteiger partial charge in [-0.1, -0.05) is 85.1 Å². The molecule has 0 bridgehead atoms. The molecule has 0 unspecified atom stereocenters. The molecule has 58 heavy (non-hydrogen) atoms. The second kappa shape index (κ2) is 17.6. The van der Waals surface area contributed by atoms with Gasteiger partial charge in [-0.15, -0.1) is 0 Å². The fraction of sp³-hybridized carbons (Fsp3) is 0.467. The molecular weight excluding hydrogens is 740 g/mol. The van der Waals surface area contributed by atoms with Gasteiger partial charge in [0.05, 0.1) is 5.92 Å². The summed E-state index contributed by atoms with van der Waals surface area (Å²) in [6.07, 6.45) is 8.29. The highest BCUT2D eigenvalue weighted by Gasteiger charge is 2.51. The molecule has 3 amide bonds. The van der Waals surface area contributed by atoms with E-state index in [1.807, 2.05) is 59.5 Å². The van der Waals surface area contributed by atoms with Crippen LogP contribution in [0.2, 0.25) is 0 Å². The number of nitrogens with zero attached hydrogens (tertiary/aromatic N) is 5. The lowest BCUT2D eigenvalue weighted by Crippen LogP contribution is -2.56. The third-order valence-electron chi connectivity index (χ3n) is 12.5. The first-order valence-corrected chi connectivity index (χ1v) is 20.9. The van der Waals surface area contributed by atoms with E-state index in [-0.39, 0.29) is 42.5 Å². The van der Waals surface area contributed by atoms with Crippen LogP contribution in [0.3, 0.4) is 0 Å². The van der Waals surface area contributed by atoms with Crippen molar-refractivity contribution in [3.8, 4) is 34.0 Å². The quantitative estimate of drug-likeness (QED) is 0.137. The van der Waals surface area contributed by atoms with Crippen molar-refractivity contribution in [3.63, 3.8) is 0 Å². The van der Waals surface area contributed by atoms with Gasteiger partial charge in [-0.25, -0.2) is 9.18 Å². The highest BCUT2D eigenvalue weighted by atomic mass is 19.1. The number of rotatable bonds is 9. The Morgan fingerprint density at radius 3 is 2.12 bits per heavy atom. The Balaban J connectivity index is 0.881. The van der Waals surface area contributed by atoms with Gasteiger partial charge >= 0.3 is 18.0 Å². The number of carbonyl (C=O) groups is 4. The SMILES string of the molecule is O=C(OC(=O)C1(C(=O)NC2CCCCC2)CCN(Cc2ccc(-c3noc(-c4ccc(-c5ccccc5)c(F)c4)n3)cc2)CC1)C1CCN(C(=O)N2CCCC2)CC1. The van der Waals surface area contributed by atoms with E-state index >= 15 is 4.39 Å². The van der Waals surface area contributed by atoms with Gasteiger partial charge in [-0.2, -0.15) is 4.98 Å². The van der Waals surface area contributed by atoms with Gasteiger partial charge in [0.1, 0.15) is 11.2 Å². The van der Waals surface area contributed by atoms with Crippen LogP contribution in [0.5, 0.6) is 0 Å². The normalized spacial score (nSPS) is 19.2. The topological polar surface area (TPSA) is 138 Å². The van der Waals surface area contributed by atoms with Gasteiger partial charge in [-0.05, 0) is 74.6 Å². The van der Waals surface area contributed by atoms with Gasteiger partial charge in [-0.3, -0.25) is 19.3 Å². The summed E-state index contributed by atoms with van der Waals surface area (Å²) in [6.45, 7) is 3.94. The maximum atomic E-state index is 15.0. The molecule has 13 heteroatoms. The van der Waals surface area contributed by atoms with Crippen LogP contribution in [0.15, 0.2) is 77.3 Å². The third-order valence-corrected chi connectivity index (χ3v) is 12.5. The Morgan fingerprint density at radius 2 is 1.43 bits per heavy atom. The number of hydrogen-bond donors (Lipinski definition) is 1. The van der Waals surface area contributed by atoms with Crippen molar-refractivity contribution in [2.45, 2.75) is 83.2 Å². The van der Waals surface area contributed by atoms with E-state index in [0.717, 1.165) is 74.7 Å². The summed E-state index contributed by atoms with van der Waals surface area (Å²) in [4.78, 5) is 64.7. The summed E-state index contributed by atoms with van der Waals surface area (Å²) in [5.74, 6) is -1.99. The van der Waals surface area contributed by atoms with Crippen molar-refractivity contribution in [1.82, 2.24) is 30.2 Å². The molecule has 12 nitrogen and oxygen atoms in total. The van der Waals surface area contributed by atoms with E-state index in [2.05, 4.69) is 20.4 Å². The molecule has 1 aromatic heterocycles. The maximum Gasteiger partial charge on any atom is 0.329 e. The molecule has 3 aromatic carbocycles. The Hall–Kier alpha value is -5.43. The fourth-order valence-corrected chi connectivity index (χ4v) is 8.85. The number of carbonyl (C=O) groups excluding carboxylic acids is 4. The standard InChI is InChI=1S/C45H51FN6O6/c46-38-29-35(17-18-37(38)32-9-3-1-4-10-32)40-48-39(49-58-40)33-15-13-31(14-16-33)30-50-27-21-45(22-28-50,42(54)47-36-11-5-2-6-12-36)43(55)57-41(53)34-19-25-52(26-20-34)44(56)51-23-7-8-24-51/h1,3-4,9-10,13-18,29,34,36H,2,5-8,11-12,19-28,30H2,(H,47,54). The Kier molecular flexibility index (Phi) is 12.0. The van der Waals surface area contributed by atoms with Gasteiger partial charge in [0, 0.05) is 68.5 Å². The number of halogens is 1. The first-order valence-electron chi connectivity index (χ1n) is 20.9. The van der Waals surface area contributed by atoms with Gasteiger partial charge in [0.25, 0.3) is 5.89 Å². The van der Waals surface area contributed by atoms with Gasteiger partial charge in [0.2, 0.25) is 11.7 Å². The van der Waals surface area contributed by atoms with Crippen molar-refractivity contribution in [3.05, 3.63) is 84.2 Å². The molecule has 1 saturated carbocycles. The summed E-state index contributed by atoms with van der Waals surface area (Å²) in [6, 6.07) is 22.0. The summed E-state index contributed by atoms with van der Waals surface area (Å²) >= 11 is 0. The molecule has 0 radical (unpaired) electrons. The largest absolute Gasteiger partial charge is 0.392 e. The van der Waals surface area contributed by atoms with Crippen LogP contribution in [0.4, 0.5) is 9.18 Å². The monoisotopic (exact) mass is 790 g/mol. The number of piperidine rings is 2. The number of aromatic nitrogens is 2. The lowest BCUT2D eigenvalue weighted by molar-refractivity contribution is -0.175. The second-order valence-electron chi connectivity index (χ2n) is 16.3. The second-order valence-corrected chi connectivity index (χ2v) is 16.3. The fourth-order valence-electron chi connectivity index (χ4n) is 8.85. The van der Waals surface area contributed by atoms with Crippen LogP contribution in [0.25, 0.3) is 34.0 Å². The molecule has 4 fully saturated rings. The number of benzene rings is 3. The number of urea groups is 1. The Labute approximate surface area is 338 Å². The van der Waals surface area contributed by atoms with Gasteiger partial charge in [0.15, 0.2) is 0 Å². The zero-order valence-corrected chi connectivity index (χ0v) is 32.9. The molecule has 8 rings (SSSR count). The third kappa shape index (κ3) is 8.69. The Bertz CT molecular complexity index is 2080. The molecule has 0 spiro atoms.